The molecule has 1 heterocycles. The second-order valence-corrected chi connectivity index (χ2v) is 8.28. The minimum Gasteiger partial charge on any atom is -0.462 e. The molecule has 0 radical (unpaired) electrons. The number of para-hydroxylation sites is 1. The van der Waals surface area contributed by atoms with E-state index in [1.807, 2.05) is 45.0 Å². The van der Waals surface area contributed by atoms with Gasteiger partial charge in [-0.25, -0.2) is 0 Å². The molecular formula is C24H34N2O3. The molecule has 1 aliphatic heterocycles. The van der Waals surface area contributed by atoms with E-state index in [1.54, 1.807) is 0 Å². The lowest BCUT2D eigenvalue weighted by atomic mass is 9.87. The van der Waals surface area contributed by atoms with Crippen molar-refractivity contribution >= 4 is 12.2 Å². The van der Waals surface area contributed by atoms with Gasteiger partial charge in [-0.2, -0.15) is 0 Å². The minimum absolute atomic E-state index is 0.00249. The normalized spacial score (nSPS) is 20.1. The molecule has 0 aliphatic carbocycles. The first-order valence-electron chi connectivity index (χ1n) is 10.2. The molecule has 0 spiro atoms. The van der Waals surface area contributed by atoms with E-state index in [1.165, 1.54) is 5.56 Å². The van der Waals surface area contributed by atoms with Gasteiger partial charge < -0.3 is 20.5 Å². The smallest absolute Gasteiger partial charge is 0.293 e. The maximum absolute atomic E-state index is 9.60. The molecule has 5 nitrogen and oxygen atoms in total. The molecule has 0 saturated carbocycles. The zero-order valence-corrected chi connectivity index (χ0v) is 17.9. The molecule has 3 atom stereocenters. The molecule has 1 aliphatic rings. The van der Waals surface area contributed by atoms with Crippen molar-refractivity contribution in [2.24, 2.45) is 0 Å². The van der Waals surface area contributed by atoms with Crippen LogP contribution in [0, 0.1) is 0 Å². The molecule has 3 rings (SSSR count). The van der Waals surface area contributed by atoms with Crippen LogP contribution in [0.25, 0.3) is 0 Å². The topological polar surface area (TPSA) is 73.6 Å². The number of carbonyl (C=O) groups is 1. The first-order valence-corrected chi connectivity index (χ1v) is 10.2. The van der Waals surface area contributed by atoms with Crippen LogP contribution in [0.4, 0.5) is 5.69 Å². The number of carbonyl (C=O) groups excluding carboxylic acids is 1. The highest BCUT2D eigenvalue weighted by Gasteiger charge is 2.29. The minimum atomic E-state index is -0.318. The molecule has 1 saturated heterocycles. The number of ether oxygens (including phenoxy) is 2. The van der Waals surface area contributed by atoms with Crippen molar-refractivity contribution in [2.75, 3.05) is 18.8 Å². The van der Waals surface area contributed by atoms with Gasteiger partial charge in [0.05, 0.1) is 12.2 Å². The van der Waals surface area contributed by atoms with Crippen LogP contribution in [-0.2, 0) is 14.3 Å². The predicted molar refractivity (Wildman–Crippen MR) is 118 cm³/mol. The summed E-state index contributed by atoms with van der Waals surface area (Å²) in [6, 6.07) is 18.6. The zero-order chi connectivity index (χ0) is 21.3. The summed E-state index contributed by atoms with van der Waals surface area (Å²) in [5, 5.41) is 3.45. The lowest BCUT2D eigenvalue weighted by Gasteiger charge is -2.34. The van der Waals surface area contributed by atoms with Gasteiger partial charge in [-0.1, -0.05) is 48.5 Å². The summed E-state index contributed by atoms with van der Waals surface area (Å²) in [4.78, 5) is 9.60. The maximum atomic E-state index is 9.60. The van der Waals surface area contributed by atoms with Crippen LogP contribution in [0.15, 0.2) is 54.6 Å². The number of anilines is 1. The summed E-state index contributed by atoms with van der Waals surface area (Å²) in [5.74, 6) is 0.440. The van der Waals surface area contributed by atoms with Crippen LogP contribution in [-0.4, -0.2) is 31.3 Å². The van der Waals surface area contributed by atoms with E-state index in [2.05, 4.69) is 47.3 Å². The Balaban J connectivity index is 0.000000370. The number of nitrogens with two attached hydrogens (primary N) is 1. The van der Waals surface area contributed by atoms with Gasteiger partial charge in [0.25, 0.3) is 6.47 Å². The molecule has 29 heavy (non-hydrogen) atoms. The van der Waals surface area contributed by atoms with Crippen molar-refractivity contribution in [3.05, 3.63) is 65.7 Å². The van der Waals surface area contributed by atoms with Crippen LogP contribution < -0.4 is 11.1 Å². The standard InChI is InChI=1S/C19H24N2O.C5H10O2/c1-14(16-9-5-6-10-18(16)20)22-19-13-21-12-11-17(19)15-7-3-2-4-8-15;1-5(2,3)7-4-6/h2-10,14,17,19,21H,11-13,20H2,1H3;4H,1-3H3. The number of nitrogen functional groups attached to an aromatic ring is 1. The van der Waals surface area contributed by atoms with Crippen molar-refractivity contribution < 1.29 is 14.3 Å². The third-order valence-corrected chi connectivity index (χ3v) is 4.87. The van der Waals surface area contributed by atoms with Gasteiger partial charge in [0.15, 0.2) is 0 Å². The fourth-order valence-corrected chi connectivity index (χ4v) is 3.42. The van der Waals surface area contributed by atoms with E-state index in [0.717, 1.165) is 30.8 Å². The Morgan fingerprint density at radius 3 is 2.34 bits per heavy atom. The average molecular weight is 399 g/mol. The molecule has 3 unspecified atom stereocenters. The van der Waals surface area contributed by atoms with E-state index >= 15 is 0 Å². The largest absolute Gasteiger partial charge is 0.462 e. The number of hydrogen-bond donors (Lipinski definition) is 2. The summed E-state index contributed by atoms with van der Waals surface area (Å²) in [6.45, 7) is 9.93. The van der Waals surface area contributed by atoms with Crippen molar-refractivity contribution in [3.63, 3.8) is 0 Å². The van der Waals surface area contributed by atoms with Crippen molar-refractivity contribution in [2.45, 2.75) is 57.8 Å². The first kappa shape index (κ1) is 22.9. The molecule has 0 bridgehead atoms. The summed E-state index contributed by atoms with van der Waals surface area (Å²) in [5.41, 5.74) is 8.99. The Bertz CT molecular complexity index is 743. The van der Waals surface area contributed by atoms with E-state index in [-0.39, 0.29) is 17.8 Å². The van der Waals surface area contributed by atoms with Crippen molar-refractivity contribution in [1.29, 1.82) is 0 Å². The van der Waals surface area contributed by atoms with Gasteiger partial charge in [0.2, 0.25) is 0 Å². The van der Waals surface area contributed by atoms with Gasteiger partial charge in [-0.3, -0.25) is 4.79 Å². The molecule has 0 amide bonds. The van der Waals surface area contributed by atoms with Crippen molar-refractivity contribution in [1.82, 2.24) is 5.32 Å². The SMILES string of the molecule is CC(C)(C)OC=O.CC(OC1CNCCC1c1ccccc1)c1ccccc1N. The van der Waals surface area contributed by atoms with Crippen molar-refractivity contribution in [3.8, 4) is 0 Å². The highest BCUT2D eigenvalue weighted by Crippen LogP contribution is 2.32. The highest BCUT2D eigenvalue weighted by molar-refractivity contribution is 5.47. The third kappa shape index (κ3) is 7.52. The lowest BCUT2D eigenvalue weighted by Crippen LogP contribution is -2.41. The molecule has 3 N–H and O–H groups in total. The molecule has 1 fully saturated rings. The second kappa shape index (κ2) is 11.0. The fourth-order valence-electron chi connectivity index (χ4n) is 3.42. The number of benzene rings is 2. The Morgan fingerprint density at radius 2 is 1.76 bits per heavy atom. The predicted octanol–water partition coefficient (Wildman–Crippen LogP) is 4.45. The number of piperidine rings is 1. The summed E-state index contributed by atoms with van der Waals surface area (Å²) in [6.07, 6.45) is 1.27. The summed E-state index contributed by atoms with van der Waals surface area (Å²) < 4.78 is 10.9. The molecule has 2 aromatic carbocycles. The maximum Gasteiger partial charge on any atom is 0.293 e. The van der Waals surface area contributed by atoms with Crippen LogP contribution in [0.2, 0.25) is 0 Å². The van der Waals surface area contributed by atoms with E-state index in [0.29, 0.717) is 12.4 Å². The molecule has 2 aromatic rings. The molecular weight excluding hydrogens is 364 g/mol. The second-order valence-electron chi connectivity index (χ2n) is 8.28. The average Bonchev–Trinajstić information content (AvgIpc) is 2.69. The van der Waals surface area contributed by atoms with E-state index in [4.69, 9.17) is 10.5 Å². The molecule has 0 aromatic heterocycles. The van der Waals surface area contributed by atoms with Crippen LogP contribution in [0.1, 0.15) is 57.3 Å². The van der Waals surface area contributed by atoms with Gasteiger partial charge >= 0.3 is 0 Å². The van der Waals surface area contributed by atoms with Gasteiger partial charge in [-0.15, -0.1) is 0 Å². The summed E-state index contributed by atoms with van der Waals surface area (Å²) >= 11 is 0. The van der Waals surface area contributed by atoms with Crippen LogP contribution in [0.3, 0.4) is 0 Å². The molecule has 5 heteroatoms. The monoisotopic (exact) mass is 398 g/mol. The van der Waals surface area contributed by atoms with Crippen LogP contribution in [0.5, 0.6) is 0 Å². The first-order chi connectivity index (χ1) is 13.8. The van der Waals surface area contributed by atoms with Gasteiger partial charge in [0.1, 0.15) is 5.60 Å². The highest BCUT2D eigenvalue weighted by atomic mass is 16.5. The Hall–Kier alpha value is -2.37. The van der Waals surface area contributed by atoms with Gasteiger partial charge in [0, 0.05) is 23.7 Å². The van der Waals surface area contributed by atoms with E-state index in [9.17, 15) is 4.79 Å². The van der Waals surface area contributed by atoms with E-state index < -0.39 is 0 Å². The number of rotatable bonds is 5. The molecule has 158 valence electrons. The lowest BCUT2D eigenvalue weighted by molar-refractivity contribution is -0.138. The Morgan fingerprint density at radius 1 is 1.10 bits per heavy atom. The summed E-state index contributed by atoms with van der Waals surface area (Å²) in [7, 11) is 0. The number of nitrogens with one attached hydrogen (secondary N) is 1. The quantitative estimate of drug-likeness (QED) is 0.575. The van der Waals surface area contributed by atoms with Crippen LogP contribution >= 0.6 is 0 Å². The van der Waals surface area contributed by atoms with Gasteiger partial charge in [-0.05, 0) is 52.3 Å². The third-order valence-electron chi connectivity index (χ3n) is 4.87. The fraction of sp³-hybridized carbons (Fsp3) is 0.458. The number of hydrogen-bond acceptors (Lipinski definition) is 5. The Labute approximate surface area is 174 Å². The zero-order valence-electron chi connectivity index (χ0n) is 17.9. The Kier molecular flexibility index (Phi) is 8.68.